The van der Waals surface area contributed by atoms with Gasteiger partial charge in [0.1, 0.15) is 12.1 Å². The van der Waals surface area contributed by atoms with E-state index in [-0.39, 0.29) is 18.3 Å². The van der Waals surface area contributed by atoms with Crippen LogP contribution in [-0.4, -0.2) is 27.0 Å². The first-order valence-corrected chi connectivity index (χ1v) is 9.69. The number of hydrogen-bond donors (Lipinski definition) is 1. The normalized spacial score (nSPS) is 20.8. The zero-order chi connectivity index (χ0) is 20.0. The van der Waals surface area contributed by atoms with Crippen molar-refractivity contribution in [2.24, 2.45) is 0 Å². The van der Waals surface area contributed by atoms with Crippen LogP contribution in [0.2, 0.25) is 0 Å². The van der Waals surface area contributed by atoms with Crippen LogP contribution in [-0.2, 0) is 29.7 Å². The van der Waals surface area contributed by atoms with Crippen LogP contribution >= 0.6 is 0 Å². The number of aromatic nitrogens is 2. The van der Waals surface area contributed by atoms with Gasteiger partial charge >= 0.3 is 6.03 Å². The predicted octanol–water partition coefficient (Wildman–Crippen LogP) is 3.19. The van der Waals surface area contributed by atoms with Gasteiger partial charge in [0, 0.05) is 5.56 Å². The highest BCUT2D eigenvalue weighted by Gasteiger charge is 2.49. The summed E-state index contributed by atoms with van der Waals surface area (Å²) in [6, 6.07) is 14.9. The third kappa shape index (κ3) is 2.90. The van der Waals surface area contributed by atoms with Crippen molar-refractivity contribution in [1.82, 2.24) is 20.4 Å². The molecule has 1 aliphatic carbocycles. The van der Waals surface area contributed by atoms with Crippen molar-refractivity contribution in [2.75, 3.05) is 0 Å². The second kappa shape index (κ2) is 6.55. The number of carbonyl (C=O) groups excluding carboxylic acids is 2. The molecule has 1 N–H and O–H groups in total. The molecule has 1 saturated heterocycles. The molecule has 2 aliphatic rings. The summed E-state index contributed by atoms with van der Waals surface area (Å²) in [6.07, 6.45) is 3.21. The van der Waals surface area contributed by atoms with Crippen LogP contribution in [0.15, 0.2) is 52.9 Å². The summed E-state index contributed by atoms with van der Waals surface area (Å²) in [5, 5.41) is 10.9. The lowest BCUT2D eigenvalue weighted by atomic mass is 9.90. The molecule has 146 valence electrons. The van der Waals surface area contributed by atoms with E-state index >= 15 is 0 Å². The highest BCUT2D eigenvalue weighted by Crippen LogP contribution is 2.33. The molecule has 5 rings (SSSR count). The zero-order valence-corrected chi connectivity index (χ0v) is 16.0. The molecule has 7 nitrogen and oxygen atoms in total. The Morgan fingerprint density at radius 2 is 1.86 bits per heavy atom. The van der Waals surface area contributed by atoms with Crippen LogP contribution in [0.3, 0.4) is 0 Å². The van der Waals surface area contributed by atoms with Gasteiger partial charge in [-0.3, -0.25) is 9.69 Å². The van der Waals surface area contributed by atoms with E-state index in [1.807, 2.05) is 42.5 Å². The standard InChI is InChI=1S/C22H20N4O3/c1-22(17-11-10-14-8-5-9-16(14)12-17)20(27)26(21(28)23-22)13-18-24-25-19(29-18)15-6-3-2-4-7-15/h2-4,6-7,10-12H,5,8-9,13H2,1H3,(H,23,28). The summed E-state index contributed by atoms with van der Waals surface area (Å²) in [5.41, 5.74) is 3.07. The van der Waals surface area contributed by atoms with Crippen molar-refractivity contribution in [3.05, 3.63) is 71.1 Å². The van der Waals surface area contributed by atoms with E-state index in [9.17, 15) is 9.59 Å². The minimum atomic E-state index is -1.10. The number of nitrogens with one attached hydrogen (secondary N) is 1. The van der Waals surface area contributed by atoms with Gasteiger partial charge in [-0.15, -0.1) is 10.2 Å². The maximum Gasteiger partial charge on any atom is 0.325 e. The van der Waals surface area contributed by atoms with Gasteiger partial charge in [0.2, 0.25) is 11.8 Å². The Kier molecular flexibility index (Phi) is 3.97. The summed E-state index contributed by atoms with van der Waals surface area (Å²) in [4.78, 5) is 26.9. The van der Waals surface area contributed by atoms with E-state index < -0.39 is 11.6 Å². The minimum absolute atomic E-state index is 0.0645. The molecule has 1 fully saturated rings. The first kappa shape index (κ1) is 17.6. The lowest BCUT2D eigenvalue weighted by Gasteiger charge is -2.23. The molecular weight excluding hydrogens is 368 g/mol. The average Bonchev–Trinajstić information content (AvgIpc) is 3.44. The number of aryl methyl sites for hydroxylation is 2. The highest BCUT2D eigenvalue weighted by atomic mass is 16.4. The zero-order valence-electron chi connectivity index (χ0n) is 16.0. The smallest absolute Gasteiger partial charge is 0.325 e. The fourth-order valence-electron chi connectivity index (χ4n) is 4.07. The predicted molar refractivity (Wildman–Crippen MR) is 105 cm³/mol. The first-order chi connectivity index (χ1) is 14.0. The van der Waals surface area contributed by atoms with Crippen LogP contribution in [0.1, 0.15) is 35.9 Å². The van der Waals surface area contributed by atoms with Gasteiger partial charge < -0.3 is 9.73 Å². The number of hydrogen-bond acceptors (Lipinski definition) is 5. The number of benzene rings is 2. The number of imide groups is 1. The van der Waals surface area contributed by atoms with Crippen molar-refractivity contribution in [1.29, 1.82) is 0 Å². The van der Waals surface area contributed by atoms with Crippen molar-refractivity contribution >= 4 is 11.9 Å². The summed E-state index contributed by atoms with van der Waals surface area (Å²) in [7, 11) is 0. The SMILES string of the molecule is CC1(c2ccc3c(c2)CCC3)NC(=O)N(Cc2nnc(-c3ccccc3)o2)C1=O. The Hall–Kier alpha value is -3.48. The molecule has 2 heterocycles. The fourth-order valence-corrected chi connectivity index (χ4v) is 4.07. The van der Waals surface area contributed by atoms with Crippen molar-refractivity contribution in [2.45, 2.75) is 38.3 Å². The van der Waals surface area contributed by atoms with Gasteiger partial charge in [0.05, 0.1) is 0 Å². The average molecular weight is 388 g/mol. The van der Waals surface area contributed by atoms with Crippen molar-refractivity contribution in [3.63, 3.8) is 0 Å². The maximum atomic E-state index is 13.2. The molecule has 1 unspecified atom stereocenters. The van der Waals surface area contributed by atoms with E-state index in [0.717, 1.165) is 35.3 Å². The molecular formula is C22H20N4O3. The van der Waals surface area contributed by atoms with Gasteiger partial charge in [-0.05, 0) is 55.0 Å². The summed E-state index contributed by atoms with van der Waals surface area (Å²) in [6.45, 7) is 1.68. The van der Waals surface area contributed by atoms with Crippen LogP contribution in [0.4, 0.5) is 4.79 Å². The van der Waals surface area contributed by atoms with Gasteiger partial charge in [-0.1, -0.05) is 36.4 Å². The topological polar surface area (TPSA) is 88.3 Å². The van der Waals surface area contributed by atoms with Gasteiger partial charge in [-0.25, -0.2) is 4.79 Å². The largest absolute Gasteiger partial charge is 0.419 e. The molecule has 0 saturated carbocycles. The Morgan fingerprint density at radius 1 is 1.07 bits per heavy atom. The Labute approximate surface area is 167 Å². The van der Waals surface area contributed by atoms with Gasteiger partial charge in [0.25, 0.3) is 5.91 Å². The number of fused-ring (bicyclic) bond motifs is 1. The third-order valence-electron chi connectivity index (χ3n) is 5.73. The van der Waals surface area contributed by atoms with Crippen molar-refractivity contribution in [3.8, 4) is 11.5 Å². The van der Waals surface area contributed by atoms with Crippen LogP contribution in [0.25, 0.3) is 11.5 Å². The Balaban J connectivity index is 1.39. The maximum absolute atomic E-state index is 13.2. The second-order valence-electron chi connectivity index (χ2n) is 7.65. The van der Waals surface area contributed by atoms with Crippen molar-refractivity contribution < 1.29 is 14.0 Å². The Bertz CT molecular complexity index is 1110. The van der Waals surface area contributed by atoms with Crippen LogP contribution in [0, 0.1) is 0 Å². The molecule has 0 bridgehead atoms. The monoisotopic (exact) mass is 388 g/mol. The summed E-state index contributed by atoms with van der Waals surface area (Å²) in [5.74, 6) is 0.250. The van der Waals surface area contributed by atoms with E-state index in [0.29, 0.717) is 5.89 Å². The molecule has 29 heavy (non-hydrogen) atoms. The quantitative estimate of drug-likeness (QED) is 0.694. The Morgan fingerprint density at radius 3 is 2.69 bits per heavy atom. The molecule has 7 heteroatoms. The lowest BCUT2D eigenvalue weighted by Crippen LogP contribution is -2.41. The van der Waals surface area contributed by atoms with E-state index in [4.69, 9.17) is 4.42 Å². The van der Waals surface area contributed by atoms with E-state index in [1.54, 1.807) is 6.92 Å². The number of carbonyl (C=O) groups is 2. The molecule has 3 amide bonds. The molecule has 1 aromatic heterocycles. The van der Waals surface area contributed by atoms with Crippen LogP contribution in [0.5, 0.6) is 0 Å². The molecule has 0 spiro atoms. The minimum Gasteiger partial charge on any atom is -0.419 e. The molecule has 3 aromatic rings. The van der Waals surface area contributed by atoms with E-state index in [1.165, 1.54) is 11.1 Å². The van der Waals surface area contributed by atoms with Gasteiger partial charge in [-0.2, -0.15) is 0 Å². The van der Waals surface area contributed by atoms with Gasteiger partial charge in [0.15, 0.2) is 0 Å². The molecule has 1 aliphatic heterocycles. The number of rotatable bonds is 4. The van der Waals surface area contributed by atoms with Crippen LogP contribution < -0.4 is 5.32 Å². The number of amides is 3. The van der Waals surface area contributed by atoms with E-state index in [2.05, 4.69) is 21.6 Å². The summed E-state index contributed by atoms with van der Waals surface area (Å²) < 4.78 is 5.67. The highest BCUT2D eigenvalue weighted by molar-refractivity contribution is 6.07. The molecule has 0 radical (unpaired) electrons. The number of nitrogens with zero attached hydrogens (tertiary/aromatic N) is 3. The lowest BCUT2D eigenvalue weighted by molar-refractivity contribution is -0.131. The first-order valence-electron chi connectivity index (χ1n) is 9.69. The molecule has 2 aromatic carbocycles. The third-order valence-corrected chi connectivity index (χ3v) is 5.73. The fraction of sp³-hybridized carbons (Fsp3) is 0.273. The number of urea groups is 1. The molecule has 1 atom stereocenters. The second-order valence-corrected chi connectivity index (χ2v) is 7.65. The summed E-state index contributed by atoms with van der Waals surface area (Å²) >= 11 is 0.